The molecule has 4 nitrogen and oxygen atoms in total. The Morgan fingerprint density at radius 1 is 0.800 bits per heavy atom. The smallest absolute Gasteiger partial charge is 0.386 e. The molecular formula is C35H30IrN4. The zero-order valence-corrected chi connectivity index (χ0v) is 25.4. The maximum absolute atomic E-state index is 4.32. The van der Waals surface area contributed by atoms with Crippen molar-refractivity contribution in [3.8, 4) is 11.3 Å². The van der Waals surface area contributed by atoms with Gasteiger partial charge in [0.25, 0.3) is 11.4 Å². The summed E-state index contributed by atoms with van der Waals surface area (Å²) in [6, 6.07) is 43.6. The van der Waals surface area contributed by atoms with Crippen molar-refractivity contribution in [1.82, 2.24) is 14.1 Å². The van der Waals surface area contributed by atoms with Gasteiger partial charge in [-0.25, -0.2) is 0 Å². The van der Waals surface area contributed by atoms with Gasteiger partial charge in [0, 0.05) is 55.5 Å². The number of pyridine rings is 1. The molecule has 40 heavy (non-hydrogen) atoms. The number of aryl methyl sites for hydroxylation is 1. The Labute approximate surface area is 248 Å². The van der Waals surface area contributed by atoms with Crippen LogP contribution in [0.4, 0.5) is 17.1 Å². The van der Waals surface area contributed by atoms with Crippen LogP contribution >= 0.6 is 0 Å². The summed E-state index contributed by atoms with van der Waals surface area (Å²) in [4.78, 5) is 4.32. The minimum absolute atomic E-state index is 0. The van der Waals surface area contributed by atoms with Crippen molar-refractivity contribution < 1.29 is 24.7 Å². The number of hydrogen-bond acceptors (Lipinski definition) is 1. The molecule has 0 saturated carbocycles. The zero-order chi connectivity index (χ0) is 26.9. The Bertz CT molecular complexity index is 1880. The number of para-hydroxylation sites is 3. The van der Waals surface area contributed by atoms with E-state index in [1.165, 1.54) is 27.4 Å². The molecule has 0 fully saturated rings. The van der Waals surface area contributed by atoms with Gasteiger partial charge in [0.2, 0.25) is 0 Å². The third-order valence-corrected chi connectivity index (χ3v) is 7.01. The predicted molar refractivity (Wildman–Crippen MR) is 161 cm³/mol. The fraction of sp³-hybridized carbons (Fsp3) is 0.143. The van der Waals surface area contributed by atoms with Gasteiger partial charge >= 0.3 is 6.01 Å². The van der Waals surface area contributed by atoms with Crippen molar-refractivity contribution in [2.75, 3.05) is 7.05 Å². The number of aromatic nitrogens is 2. The maximum Gasteiger partial charge on any atom is 0.494 e. The van der Waals surface area contributed by atoms with Crippen LogP contribution in [0.5, 0.6) is 0 Å². The van der Waals surface area contributed by atoms with Crippen molar-refractivity contribution in [3.63, 3.8) is 0 Å². The molecule has 6 aromatic rings. The van der Waals surface area contributed by atoms with E-state index in [1.807, 2.05) is 61.1 Å². The average Bonchev–Trinajstić information content (AvgIpc) is 3.49. The summed E-state index contributed by atoms with van der Waals surface area (Å²) in [5, 5.41) is 2.55. The van der Waals surface area contributed by atoms with Crippen LogP contribution in [-0.2, 0) is 20.1 Å². The van der Waals surface area contributed by atoms with E-state index in [-0.39, 0.29) is 20.1 Å². The average molecular weight is 699 g/mol. The molecule has 199 valence electrons. The molecule has 0 amide bonds. The van der Waals surface area contributed by atoms with Gasteiger partial charge in [0.15, 0.2) is 7.05 Å². The van der Waals surface area contributed by atoms with Crippen LogP contribution in [0, 0.1) is 19.1 Å². The maximum atomic E-state index is 4.32. The summed E-state index contributed by atoms with van der Waals surface area (Å²) in [5.74, 6) is 0. The Morgan fingerprint density at radius 3 is 2.27 bits per heavy atom. The first-order valence-corrected chi connectivity index (χ1v) is 13.2. The second-order valence-electron chi connectivity index (χ2n) is 10.0. The van der Waals surface area contributed by atoms with E-state index >= 15 is 0 Å². The fourth-order valence-corrected chi connectivity index (χ4v) is 5.22. The van der Waals surface area contributed by atoms with E-state index in [4.69, 9.17) is 0 Å². The number of nitrogens with zero attached hydrogens (tertiary/aromatic N) is 4. The van der Waals surface area contributed by atoms with Gasteiger partial charge < -0.3 is 9.55 Å². The molecule has 0 N–H and O–H groups in total. The van der Waals surface area contributed by atoms with Crippen LogP contribution in [0.2, 0.25) is 0 Å². The minimum atomic E-state index is 0. The normalized spacial score (nSPS) is 11.9. The molecule has 7 rings (SSSR count). The van der Waals surface area contributed by atoms with E-state index in [9.17, 15) is 0 Å². The van der Waals surface area contributed by atoms with Crippen LogP contribution in [0.25, 0.3) is 33.1 Å². The zero-order valence-electron chi connectivity index (χ0n) is 23.0. The SMILES string of the molecule is CC(C)n1c2ccccc2c2cc[c-]c([N+]3=C=[N+](C)c4ccccc43)c21.Cc1ccc(-c2[c-]cccc2)nc1.[Ir]. The Morgan fingerprint density at radius 2 is 1.55 bits per heavy atom. The molecule has 3 heterocycles. The third-order valence-electron chi connectivity index (χ3n) is 7.01. The molecule has 4 aromatic carbocycles. The molecule has 0 spiro atoms. The van der Waals surface area contributed by atoms with Crippen molar-refractivity contribution in [1.29, 1.82) is 0 Å². The Balaban J connectivity index is 0.000000195. The van der Waals surface area contributed by atoms with Crippen LogP contribution in [0.3, 0.4) is 0 Å². The van der Waals surface area contributed by atoms with Gasteiger partial charge in [0.05, 0.1) is 0 Å². The van der Waals surface area contributed by atoms with Crippen LogP contribution < -0.4 is 4.58 Å². The quantitative estimate of drug-likeness (QED) is 0.135. The number of benzene rings is 4. The number of hydrogen-bond donors (Lipinski definition) is 0. The van der Waals surface area contributed by atoms with E-state index in [0.717, 1.165) is 28.3 Å². The van der Waals surface area contributed by atoms with Crippen molar-refractivity contribution in [2.45, 2.75) is 26.8 Å². The first-order chi connectivity index (χ1) is 19.0. The van der Waals surface area contributed by atoms with Gasteiger partial charge in [-0.15, -0.1) is 42.0 Å². The number of fused-ring (bicyclic) bond motifs is 4. The first kappa shape index (κ1) is 27.4. The van der Waals surface area contributed by atoms with Gasteiger partial charge in [-0.05, 0) is 43.5 Å². The second kappa shape index (κ2) is 11.5. The largest absolute Gasteiger partial charge is 0.494 e. The van der Waals surface area contributed by atoms with Crippen molar-refractivity contribution in [3.05, 3.63) is 121 Å². The summed E-state index contributed by atoms with van der Waals surface area (Å²) >= 11 is 0. The topological polar surface area (TPSA) is 23.8 Å². The predicted octanol–water partition coefficient (Wildman–Crippen LogP) is 8.33. The molecule has 0 bridgehead atoms. The molecule has 5 heteroatoms. The molecule has 0 saturated heterocycles. The molecule has 2 aromatic heterocycles. The molecule has 1 aliphatic rings. The summed E-state index contributed by atoms with van der Waals surface area (Å²) < 4.78 is 6.60. The summed E-state index contributed by atoms with van der Waals surface area (Å²) in [6.45, 7) is 6.51. The van der Waals surface area contributed by atoms with Crippen LogP contribution in [-0.4, -0.2) is 27.2 Å². The third kappa shape index (κ3) is 4.96. The molecule has 0 aliphatic carbocycles. The molecule has 1 radical (unpaired) electrons. The van der Waals surface area contributed by atoms with E-state index < -0.39 is 0 Å². The fourth-order valence-electron chi connectivity index (χ4n) is 5.22. The van der Waals surface area contributed by atoms with Crippen molar-refractivity contribution in [2.24, 2.45) is 0 Å². The molecule has 0 unspecified atom stereocenters. The molecule has 1 aliphatic heterocycles. The summed E-state index contributed by atoms with van der Waals surface area (Å²) in [6.07, 6.45) is 1.87. The first-order valence-electron chi connectivity index (χ1n) is 13.2. The second-order valence-corrected chi connectivity index (χ2v) is 10.0. The molecular weight excluding hydrogens is 669 g/mol. The van der Waals surface area contributed by atoms with Crippen LogP contribution in [0.15, 0.2) is 103 Å². The van der Waals surface area contributed by atoms with Gasteiger partial charge in [-0.1, -0.05) is 57.0 Å². The Hall–Kier alpha value is -4.14. The van der Waals surface area contributed by atoms with E-state index in [0.29, 0.717) is 6.04 Å². The summed E-state index contributed by atoms with van der Waals surface area (Å²) in [5.41, 5.74) is 9.02. The monoisotopic (exact) mass is 699 g/mol. The minimum Gasteiger partial charge on any atom is -0.386 e. The van der Waals surface area contributed by atoms with Crippen molar-refractivity contribution >= 4 is 44.9 Å². The van der Waals surface area contributed by atoms with Gasteiger partial charge in [0.1, 0.15) is 5.69 Å². The summed E-state index contributed by atoms with van der Waals surface area (Å²) in [7, 11) is 2.04. The van der Waals surface area contributed by atoms with E-state index in [1.54, 1.807) is 0 Å². The van der Waals surface area contributed by atoms with Gasteiger partial charge in [-0.3, -0.25) is 0 Å². The standard InChI is InChI=1S/C23H20N3.C12H10N.Ir/c1-16(2)26-19-11-5-4-9-17(19)18-10-8-14-22(23(18)26)25-15-24(3)20-12-6-7-13-21(20)25;1-10-7-8-12(13-9-10)11-5-3-2-4-6-11;/h4-13,16H,1-3H3;2-5,7-9H,1H3;/q+1;-1;. The van der Waals surface area contributed by atoms with E-state index in [2.05, 4.69) is 107 Å². The number of rotatable bonds is 3. The van der Waals surface area contributed by atoms with Gasteiger partial charge in [-0.2, -0.15) is 12.1 Å². The Kier molecular flexibility index (Phi) is 7.91. The molecule has 0 atom stereocenters. The van der Waals surface area contributed by atoms with Crippen LogP contribution in [0.1, 0.15) is 25.5 Å².